The third kappa shape index (κ3) is 12.7. The molecule has 0 bridgehead atoms. The molecule has 2 aromatic carbocycles. The minimum atomic E-state index is -4.41. The van der Waals surface area contributed by atoms with Gasteiger partial charge in [0.15, 0.2) is 5.71 Å². The second kappa shape index (κ2) is 21.8. The molecule has 0 amide bonds. The Hall–Kier alpha value is -4.64. The van der Waals surface area contributed by atoms with Crippen molar-refractivity contribution in [2.45, 2.75) is 140 Å². The summed E-state index contributed by atoms with van der Waals surface area (Å²) in [7, 11) is -4.41. The van der Waals surface area contributed by atoms with E-state index in [1.807, 2.05) is 18.2 Å². The van der Waals surface area contributed by atoms with Crippen LogP contribution in [0.3, 0.4) is 0 Å². The van der Waals surface area contributed by atoms with E-state index in [0.29, 0.717) is 19.3 Å². The van der Waals surface area contributed by atoms with Crippen LogP contribution < -0.4 is 4.90 Å². The van der Waals surface area contributed by atoms with Crippen molar-refractivity contribution in [2.75, 3.05) is 18.0 Å². The Morgan fingerprint density at radius 1 is 0.807 bits per heavy atom. The maximum absolute atomic E-state index is 12.3. The summed E-state index contributed by atoms with van der Waals surface area (Å²) in [5, 5.41) is 18.3. The van der Waals surface area contributed by atoms with E-state index >= 15 is 0 Å². The summed E-state index contributed by atoms with van der Waals surface area (Å²) >= 11 is 0. The third-order valence-corrected chi connectivity index (χ3v) is 12.0. The van der Waals surface area contributed by atoms with Crippen LogP contribution in [0.15, 0.2) is 77.4 Å². The number of rotatable bonds is 22. The van der Waals surface area contributed by atoms with Crippen LogP contribution in [-0.4, -0.2) is 64.7 Å². The van der Waals surface area contributed by atoms with Crippen LogP contribution in [0.25, 0.3) is 0 Å². The molecule has 0 aromatic heterocycles. The van der Waals surface area contributed by atoms with Gasteiger partial charge in [-0.15, -0.1) is 0 Å². The molecular weight excluding hydrogens is 745 g/mol. The van der Waals surface area contributed by atoms with E-state index in [2.05, 4.69) is 80.5 Å². The monoisotopic (exact) mass is 805 g/mol. The van der Waals surface area contributed by atoms with Crippen LogP contribution in [-0.2, 0) is 40.1 Å². The van der Waals surface area contributed by atoms with Gasteiger partial charge in [0.25, 0.3) is 10.1 Å². The third-order valence-electron chi connectivity index (χ3n) is 11.1. The molecule has 2 aliphatic heterocycles. The number of carbonyl (C=O) groups is 2. The summed E-state index contributed by atoms with van der Waals surface area (Å²) in [5.41, 5.74) is 6.93. The summed E-state index contributed by atoms with van der Waals surface area (Å²) in [6, 6.07) is 11.5. The Bertz CT molecular complexity index is 1990. The Morgan fingerprint density at radius 3 is 2.07 bits per heavy atom. The summed E-state index contributed by atoms with van der Waals surface area (Å²) < 4.78 is 37.0. The molecule has 0 fully saturated rings. The van der Waals surface area contributed by atoms with Gasteiger partial charge in [0, 0.05) is 60.3 Å². The van der Waals surface area contributed by atoms with Crippen molar-refractivity contribution in [3.63, 3.8) is 0 Å². The molecule has 2 aromatic rings. The Morgan fingerprint density at radius 2 is 1.44 bits per heavy atom. The summed E-state index contributed by atoms with van der Waals surface area (Å²) in [5.74, 6) is -1.57. The van der Waals surface area contributed by atoms with E-state index in [0.717, 1.165) is 81.4 Å². The molecule has 4 rings (SSSR count). The fourth-order valence-corrected chi connectivity index (χ4v) is 8.62. The molecule has 2 heterocycles. The minimum absolute atomic E-state index is 0.116. The Balaban J connectivity index is 0.00000281. The molecule has 0 saturated carbocycles. The van der Waals surface area contributed by atoms with Crippen molar-refractivity contribution in [3.8, 4) is 0 Å². The summed E-state index contributed by atoms with van der Waals surface area (Å²) in [6.07, 6.45) is 21.7. The second-order valence-corrected chi connectivity index (χ2v) is 17.2. The average molecular weight is 806 g/mol. The number of carbonyl (C=O) groups excluding carboxylic acids is 2. The van der Waals surface area contributed by atoms with Crippen LogP contribution in [0.5, 0.6) is 0 Å². The van der Waals surface area contributed by atoms with Crippen LogP contribution >= 0.6 is 0 Å². The van der Waals surface area contributed by atoms with Crippen molar-refractivity contribution in [2.24, 2.45) is 0 Å². The van der Waals surface area contributed by atoms with Gasteiger partial charge >= 0.3 is 18.1 Å². The van der Waals surface area contributed by atoms with Crippen LogP contribution in [0.2, 0.25) is 0 Å². The fraction of sp³-hybridized carbons (Fsp3) is 0.511. The highest BCUT2D eigenvalue weighted by Gasteiger charge is 2.45. The SMILES string of the molecule is CCCCCCCN1\C(=C/C=C/C=C/C2=[N+](CCCCCC(=O)O)c3ccc(C)cc3C2(C)C)C(C)(CCCCCC(=O)O)c2cc(S(=O)(=O)O)ccc21.O=C=O. The molecule has 310 valence electrons. The van der Waals surface area contributed by atoms with E-state index < -0.39 is 27.5 Å². The molecule has 0 aliphatic carbocycles. The second-order valence-electron chi connectivity index (χ2n) is 15.8. The van der Waals surface area contributed by atoms with Crippen molar-refractivity contribution in [1.82, 2.24) is 0 Å². The van der Waals surface area contributed by atoms with Crippen molar-refractivity contribution >= 4 is 45.3 Å². The van der Waals surface area contributed by atoms with Gasteiger partial charge in [-0.1, -0.05) is 75.3 Å². The number of nitrogens with zero attached hydrogens (tertiary/aromatic N) is 2. The van der Waals surface area contributed by atoms with Gasteiger partial charge in [-0.05, 0) is 95.7 Å². The maximum atomic E-state index is 12.3. The molecule has 12 heteroatoms. The van der Waals surface area contributed by atoms with Crippen molar-refractivity contribution < 1.29 is 46.9 Å². The molecule has 57 heavy (non-hydrogen) atoms. The molecule has 1 unspecified atom stereocenters. The van der Waals surface area contributed by atoms with Gasteiger partial charge in [0.05, 0.1) is 10.3 Å². The highest BCUT2D eigenvalue weighted by molar-refractivity contribution is 7.85. The number of allylic oxidation sites excluding steroid dienone is 6. The maximum Gasteiger partial charge on any atom is 0.373 e. The van der Waals surface area contributed by atoms with Gasteiger partial charge in [0.2, 0.25) is 5.69 Å². The molecule has 3 N–H and O–H groups in total. The number of benzene rings is 2. The lowest BCUT2D eigenvalue weighted by atomic mass is 9.77. The number of carboxylic acid groups (broad SMARTS) is 2. The first-order chi connectivity index (χ1) is 27.0. The lowest BCUT2D eigenvalue weighted by molar-refractivity contribution is -0.438. The number of hydrogen-bond donors (Lipinski definition) is 3. The Labute approximate surface area is 338 Å². The number of aliphatic carboxylic acids is 2. The largest absolute Gasteiger partial charge is 0.481 e. The van der Waals surface area contributed by atoms with Gasteiger partial charge < -0.3 is 15.1 Å². The predicted octanol–water partition coefficient (Wildman–Crippen LogP) is 9.46. The minimum Gasteiger partial charge on any atom is -0.481 e. The van der Waals surface area contributed by atoms with E-state index in [-0.39, 0.29) is 29.3 Å². The van der Waals surface area contributed by atoms with Gasteiger partial charge in [0.1, 0.15) is 6.54 Å². The molecule has 0 spiro atoms. The molecule has 1 atom stereocenters. The number of hydrogen-bond acceptors (Lipinski definition) is 7. The first-order valence-electron chi connectivity index (χ1n) is 20.2. The van der Waals surface area contributed by atoms with Gasteiger partial charge in [-0.25, -0.2) is 0 Å². The zero-order valence-corrected chi connectivity index (χ0v) is 35.1. The molecule has 11 nitrogen and oxygen atoms in total. The van der Waals surface area contributed by atoms with Gasteiger partial charge in [-0.3, -0.25) is 14.1 Å². The zero-order valence-electron chi connectivity index (χ0n) is 34.3. The number of fused-ring (bicyclic) bond motifs is 2. The smallest absolute Gasteiger partial charge is 0.373 e. The lowest BCUT2D eigenvalue weighted by Crippen LogP contribution is -2.29. The Kier molecular flexibility index (Phi) is 17.8. The summed E-state index contributed by atoms with van der Waals surface area (Å²) in [6.45, 7) is 12.5. The normalized spacial score (nSPS) is 17.9. The van der Waals surface area contributed by atoms with Gasteiger partial charge in [-0.2, -0.15) is 22.6 Å². The predicted molar refractivity (Wildman–Crippen MR) is 222 cm³/mol. The van der Waals surface area contributed by atoms with Crippen LogP contribution in [0, 0.1) is 6.92 Å². The number of anilines is 1. The first kappa shape index (κ1) is 46.7. The lowest BCUT2D eigenvalue weighted by Gasteiger charge is -2.30. The quantitative estimate of drug-likeness (QED) is 0.0451. The number of unbranched alkanes of at least 4 members (excludes halogenated alkanes) is 8. The highest BCUT2D eigenvalue weighted by Crippen LogP contribution is 2.51. The van der Waals surface area contributed by atoms with E-state index in [1.54, 1.807) is 6.07 Å². The average Bonchev–Trinajstić information content (AvgIpc) is 3.49. The number of carboxylic acids is 2. The van der Waals surface area contributed by atoms with E-state index in [1.165, 1.54) is 35.0 Å². The zero-order chi connectivity index (χ0) is 42.2. The topological polar surface area (TPSA) is 169 Å². The number of aryl methyl sites for hydroxylation is 1. The van der Waals surface area contributed by atoms with Crippen LogP contribution in [0.1, 0.15) is 134 Å². The molecular formula is C45H61N2O9S+. The molecule has 0 radical (unpaired) electrons. The van der Waals surface area contributed by atoms with Crippen molar-refractivity contribution in [1.29, 1.82) is 0 Å². The standard InChI is InChI=1S/C44H60N2O7S.CO2/c1-6-7-8-9-18-30-46-38-27-25-34(54(51,52)53)32-36(38)44(5,28-17-11-15-22-41(47)48)40(46)21-14-10-13-20-39-43(3,4)35-31-33(2)24-26-37(35)45(39)29-19-12-16-23-42(49)50;2-1-3/h10,13-14,20-21,24-27,31-32H,6-9,11-12,15-19,22-23,28-30H2,1-5H3,(H2-,47,48,49,50,51,52,53);/p+1. The fourth-order valence-electron chi connectivity index (χ4n) is 8.11. The molecule has 2 aliphatic rings. The van der Waals surface area contributed by atoms with Crippen LogP contribution in [0.4, 0.5) is 11.4 Å². The van der Waals surface area contributed by atoms with Crippen molar-refractivity contribution in [3.05, 3.63) is 89.2 Å². The van der Waals surface area contributed by atoms with E-state index in [4.69, 9.17) is 14.7 Å². The first-order valence-corrected chi connectivity index (χ1v) is 21.6. The van der Waals surface area contributed by atoms with E-state index in [9.17, 15) is 27.7 Å². The molecule has 0 saturated heterocycles. The summed E-state index contributed by atoms with van der Waals surface area (Å²) in [4.78, 5) is 40.7. The highest BCUT2D eigenvalue weighted by atomic mass is 32.2.